The van der Waals surface area contributed by atoms with E-state index in [1.165, 1.54) is 12.1 Å². The molecule has 1 heterocycles. The van der Waals surface area contributed by atoms with E-state index < -0.39 is 10.9 Å². The number of anilines is 1. The molecule has 1 aromatic carbocycles. The Labute approximate surface area is 113 Å². The lowest BCUT2D eigenvalue weighted by Crippen LogP contribution is -2.05. The van der Waals surface area contributed by atoms with Gasteiger partial charge in [-0.2, -0.15) is 0 Å². The smallest absolute Gasteiger partial charge is 0.335 e. The number of nitro benzene ring substituents is 1. The number of carboxylic acid groups (broad SMARTS) is 1. The van der Waals surface area contributed by atoms with Crippen LogP contribution in [0.25, 0.3) is 0 Å². The third kappa shape index (κ3) is 2.91. The summed E-state index contributed by atoms with van der Waals surface area (Å²) < 4.78 is 4.87. The molecule has 104 valence electrons. The zero-order chi connectivity index (χ0) is 14.7. The third-order valence-electron chi connectivity index (χ3n) is 2.58. The van der Waals surface area contributed by atoms with Crippen LogP contribution in [0.2, 0.25) is 0 Å². The molecule has 0 aliphatic rings. The molecule has 8 nitrogen and oxygen atoms in total. The van der Waals surface area contributed by atoms with Crippen molar-refractivity contribution >= 4 is 17.3 Å². The number of hydrogen-bond donors (Lipinski definition) is 2. The molecule has 20 heavy (non-hydrogen) atoms. The van der Waals surface area contributed by atoms with Crippen LogP contribution in [-0.2, 0) is 6.54 Å². The van der Waals surface area contributed by atoms with Crippen LogP contribution in [0.4, 0.5) is 11.4 Å². The number of benzene rings is 1. The number of carboxylic acids is 1. The van der Waals surface area contributed by atoms with E-state index in [9.17, 15) is 14.9 Å². The van der Waals surface area contributed by atoms with E-state index in [0.29, 0.717) is 11.5 Å². The lowest BCUT2D eigenvalue weighted by atomic mass is 10.1. The number of aromatic carboxylic acids is 1. The highest BCUT2D eigenvalue weighted by atomic mass is 16.6. The van der Waals surface area contributed by atoms with Crippen LogP contribution >= 0.6 is 0 Å². The van der Waals surface area contributed by atoms with Crippen molar-refractivity contribution in [3.63, 3.8) is 0 Å². The zero-order valence-corrected chi connectivity index (χ0v) is 10.5. The number of aryl methyl sites for hydroxylation is 1. The minimum atomic E-state index is -1.15. The van der Waals surface area contributed by atoms with Crippen molar-refractivity contribution in [3.05, 3.63) is 51.4 Å². The van der Waals surface area contributed by atoms with Crippen molar-refractivity contribution in [2.24, 2.45) is 0 Å². The summed E-state index contributed by atoms with van der Waals surface area (Å²) >= 11 is 0. The fourth-order valence-electron chi connectivity index (χ4n) is 1.66. The lowest BCUT2D eigenvalue weighted by molar-refractivity contribution is -0.384. The van der Waals surface area contributed by atoms with E-state index in [1.807, 2.05) is 0 Å². The molecule has 1 aromatic heterocycles. The summed E-state index contributed by atoms with van der Waals surface area (Å²) in [5, 5.41) is 26.3. The Kier molecular flexibility index (Phi) is 3.65. The highest BCUT2D eigenvalue weighted by Gasteiger charge is 2.16. The number of aromatic nitrogens is 1. The molecule has 0 radical (unpaired) electrons. The highest BCUT2D eigenvalue weighted by Crippen LogP contribution is 2.26. The second-order valence-electron chi connectivity index (χ2n) is 4.08. The summed E-state index contributed by atoms with van der Waals surface area (Å²) in [6, 6.07) is 5.24. The molecule has 0 fully saturated rings. The average molecular weight is 277 g/mol. The number of rotatable bonds is 5. The summed E-state index contributed by atoms with van der Waals surface area (Å²) in [7, 11) is 0. The number of nitrogens with zero attached hydrogens (tertiary/aromatic N) is 2. The Morgan fingerprint density at radius 3 is 2.80 bits per heavy atom. The largest absolute Gasteiger partial charge is 0.478 e. The van der Waals surface area contributed by atoms with Crippen molar-refractivity contribution in [2.45, 2.75) is 13.5 Å². The van der Waals surface area contributed by atoms with Crippen LogP contribution in [0.1, 0.15) is 21.8 Å². The Morgan fingerprint density at radius 2 is 2.25 bits per heavy atom. The number of nitro groups is 1. The first kappa shape index (κ1) is 13.5. The second-order valence-corrected chi connectivity index (χ2v) is 4.08. The van der Waals surface area contributed by atoms with E-state index in [4.69, 9.17) is 9.63 Å². The minimum absolute atomic E-state index is 0.0329. The molecule has 2 rings (SSSR count). The molecule has 2 N–H and O–H groups in total. The molecule has 8 heteroatoms. The molecule has 0 saturated carbocycles. The van der Waals surface area contributed by atoms with Crippen molar-refractivity contribution in [1.29, 1.82) is 0 Å². The first-order valence-electron chi connectivity index (χ1n) is 5.65. The topological polar surface area (TPSA) is 118 Å². The van der Waals surface area contributed by atoms with Crippen LogP contribution in [0.5, 0.6) is 0 Å². The maximum Gasteiger partial charge on any atom is 0.335 e. The van der Waals surface area contributed by atoms with Gasteiger partial charge >= 0.3 is 5.97 Å². The van der Waals surface area contributed by atoms with Gasteiger partial charge in [-0.25, -0.2) is 4.79 Å². The molecule has 0 aliphatic carbocycles. The molecule has 0 saturated heterocycles. The summed E-state index contributed by atoms with van der Waals surface area (Å²) in [4.78, 5) is 21.2. The Morgan fingerprint density at radius 1 is 1.50 bits per heavy atom. The van der Waals surface area contributed by atoms with Gasteiger partial charge in [-0.1, -0.05) is 5.16 Å². The van der Waals surface area contributed by atoms with Crippen LogP contribution in [-0.4, -0.2) is 21.2 Å². The van der Waals surface area contributed by atoms with Gasteiger partial charge in [0, 0.05) is 12.1 Å². The molecular formula is C12H11N3O5. The van der Waals surface area contributed by atoms with Gasteiger partial charge in [0.05, 0.1) is 17.0 Å². The molecule has 0 aliphatic heterocycles. The van der Waals surface area contributed by atoms with Crippen LogP contribution in [0.3, 0.4) is 0 Å². The van der Waals surface area contributed by atoms with Gasteiger partial charge in [0.25, 0.3) is 5.69 Å². The Hall–Kier alpha value is -2.90. The fraction of sp³-hybridized carbons (Fsp3) is 0.167. The SMILES string of the molecule is Cc1cc(CNc2cc(C(=O)O)ccc2[N+](=O)[O-])no1. The number of nitrogens with one attached hydrogen (secondary N) is 1. The lowest BCUT2D eigenvalue weighted by Gasteiger charge is -2.06. The van der Waals surface area contributed by atoms with Crippen molar-refractivity contribution in [3.8, 4) is 0 Å². The molecule has 0 bridgehead atoms. The quantitative estimate of drug-likeness (QED) is 0.635. The van der Waals surface area contributed by atoms with E-state index in [-0.39, 0.29) is 23.5 Å². The monoisotopic (exact) mass is 277 g/mol. The van der Waals surface area contributed by atoms with Gasteiger partial charge in [0.1, 0.15) is 17.1 Å². The Bertz CT molecular complexity index is 665. The van der Waals surface area contributed by atoms with E-state index >= 15 is 0 Å². The van der Waals surface area contributed by atoms with E-state index in [2.05, 4.69) is 10.5 Å². The predicted octanol–water partition coefficient (Wildman–Crippen LogP) is 2.20. The number of hydrogen-bond acceptors (Lipinski definition) is 6. The maximum atomic E-state index is 10.9. The molecule has 0 unspecified atom stereocenters. The average Bonchev–Trinajstić information content (AvgIpc) is 2.81. The summed E-state index contributed by atoms with van der Waals surface area (Å²) in [5.41, 5.74) is 0.456. The van der Waals surface area contributed by atoms with E-state index in [0.717, 1.165) is 6.07 Å². The van der Waals surface area contributed by atoms with Crippen molar-refractivity contribution < 1.29 is 19.3 Å². The van der Waals surface area contributed by atoms with Crippen molar-refractivity contribution in [1.82, 2.24) is 5.16 Å². The van der Waals surface area contributed by atoms with Gasteiger partial charge < -0.3 is 14.9 Å². The van der Waals surface area contributed by atoms with Gasteiger partial charge in [-0.05, 0) is 19.1 Å². The molecule has 0 amide bonds. The van der Waals surface area contributed by atoms with Crippen LogP contribution < -0.4 is 5.32 Å². The van der Waals surface area contributed by atoms with Gasteiger partial charge in [0.15, 0.2) is 0 Å². The first-order chi connectivity index (χ1) is 9.47. The van der Waals surface area contributed by atoms with E-state index in [1.54, 1.807) is 13.0 Å². The molecule has 0 spiro atoms. The van der Waals surface area contributed by atoms with Crippen LogP contribution in [0.15, 0.2) is 28.8 Å². The van der Waals surface area contributed by atoms with Crippen molar-refractivity contribution in [2.75, 3.05) is 5.32 Å². The number of carbonyl (C=O) groups is 1. The van der Waals surface area contributed by atoms with Gasteiger partial charge in [-0.15, -0.1) is 0 Å². The highest BCUT2D eigenvalue weighted by molar-refractivity contribution is 5.90. The maximum absolute atomic E-state index is 10.9. The first-order valence-corrected chi connectivity index (χ1v) is 5.65. The zero-order valence-electron chi connectivity index (χ0n) is 10.5. The summed E-state index contributed by atoms with van der Waals surface area (Å²) in [5.74, 6) is -0.532. The fourth-order valence-corrected chi connectivity index (χ4v) is 1.66. The Balaban J connectivity index is 2.25. The molecule has 0 atom stereocenters. The third-order valence-corrected chi connectivity index (χ3v) is 2.58. The van der Waals surface area contributed by atoms with Gasteiger partial charge in [0.2, 0.25) is 0 Å². The normalized spacial score (nSPS) is 10.2. The van der Waals surface area contributed by atoms with Crippen LogP contribution in [0, 0.1) is 17.0 Å². The predicted molar refractivity (Wildman–Crippen MR) is 68.6 cm³/mol. The minimum Gasteiger partial charge on any atom is -0.478 e. The summed E-state index contributed by atoms with van der Waals surface area (Å²) in [6.45, 7) is 1.92. The van der Waals surface area contributed by atoms with Gasteiger partial charge in [-0.3, -0.25) is 10.1 Å². The molecular weight excluding hydrogens is 266 g/mol. The summed E-state index contributed by atoms with van der Waals surface area (Å²) in [6.07, 6.45) is 0. The second kappa shape index (κ2) is 5.39. The standard InChI is InChI=1S/C12H11N3O5/c1-7-4-9(14-20-7)6-13-10-5-8(12(16)17)2-3-11(10)15(18)19/h2-5,13H,6H2,1H3,(H,16,17). The molecule has 2 aromatic rings.